The van der Waals surface area contributed by atoms with Crippen LogP contribution in [0.25, 0.3) is 0 Å². The van der Waals surface area contributed by atoms with Crippen LogP contribution in [0.15, 0.2) is 0 Å². The highest BCUT2D eigenvalue weighted by Gasteiger charge is 2.10. The summed E-state index contributed by atoms with van der Waals surface area (Å²) in [6, 6.07) is 0. The molecule has 0 N–H and O–H groups in total. The van der Waals surface area contributed by atoms with Crippen LogP contribution in [0.2, 0.25) is 0 Å². The quantitative estimate of drug-likeness (QED) is 0.177. The third-order valence-electron chi connectivity index (χ3n) is 6.48. The van der Waals surface area contributed by atoms with Crippen LogP contribution in [0.3, 0.4) is 0 Å². The molecule has 0 aromatic carbocycles. The number of unbranched alkanes of at least 4 members (excludes halogenated alkanes) is 16. The fourth-order valence-electron chi connectivity index (χ4n) is 4.22. The molecule has 0 aliphatic carbocycles. The van der Waals surface area contributed by atoms with Crippen LogP contribution in [-0.2, 0) is 0 Å². The predicted octanol–water partition coefficient (Wildman–Crippen LogP) is 10.1. The van der Waals surface area contributed by atoms with Gasteiger partial charge in [-0.15, -0.1) is 0 Å². The molecule has 0 heterocycles. The Balaban J connectivity index is 3.11. The van der Waals surface area contributed by atoms with Gasteiger partial charge in [0.15, 0.2) is 0 Å². The zero-order valence-corrected chi connectivity index (χ0v) is 19.3. The van der Waals surface area contributed by atoms with Crippen LogP contribution in [0.4, 0.5) is 0 Å². The molecule has 0 spiro atoms. The molecule has 0 saturated heterocycles. The number of rotatable bonds is 21. The molecular formula is C26H54. The molecule has 0 heteroatoms. The molecule has 2 unspecified atom stereocenters. The lowest BCUT2D eigenvalue weighted by Gasteiger charge is -2.19. The van der Waals surface area contributed by atoms with Gasteiger partial charge in [-0.3, -0.25) is 0 Å². The molecule has 0 aromatic rings. The summed E-state index contributed by atoms with van der Waals surface area (Å²) in [4.78, 5) is 0. The lowest BCUT2D eigenvalue weighted by atomic mass is 9.87. The Morgan fingerprint density at radius 3 is 1.00 bits per heavy atom. The van der Waals surface area contributed by atoms with E-state index in [1.807, 2.05) is 0 Å². The second-order valence-electron chi connectivity index (χ2n) is 9.19. The van der Waals surface area contributed by atoms with Crippen LogP contribution in [0, 0.1) is 11.8 Å². The SMILES string of the molecule is CCCCCCCCCCCCCCCCCCCC(C)C(C)CCC. The summed E-state index contributed by atoms with van der Waals surface area (Å²) >= 11 is 0. The fourth-order valence-corrected chi connectivity index (χ4v) is 4.22. The molecule has 0 saturated carbocycles. The minimum atomic E-state index is 0.932. The average molecular weight is 367 g/mol. The van der Waals surface area contributed by atoms with Crippen LogP contribution in [0.1, 0.15) is 156 Å². The first-order chi connectivity index (χ1) is 12.7. The van der Waals surface area contributed by atoms with Crippen LogP contribution in [-0.4, -0.2) is 0 Å². The largest absolute Gasteiger partial charge is 0.0654 e. The van der Waals surface area contributed by atoms with Crippen molar-refractivity contribution in [2.45, 2.75) is 156 Å². The van der Waals surface area contributed by atoms with Crippen molar-refractivity contribution in [3.63, 3.8) is 0 Å². The van der Waals surface area contributed by atoms with Gasteiger partial charge in [-0.1, -0.05) is 156 Å². The molecule has 0 nitrogen and oxygen atoms in total. The second-order valence-corrected chi connectivity index (χ2v) is 9.19. The van der Waals surface area contributed by atoms with Gasteiger partial charge in [0, 0.05) is 0 Å². The Bertz CT molecular complexity index is 244. The molecule has 0 aliphatic rings. The zero-order valence-electron chi connectivity index (χ0n) is 19.3. The molecule has 26 heavy (non-hydrogen) atoms. The average Bonchev–Trinajstić information content (AvgIpc) is 2.64. The first-order valence-corrected chi connectivity index (χ1v) is 12.7. The summed E-state index contributed by atoms with van der Waals surface area (Å²) in [6.45, 7) is 9.53. The Morgan fingerprint density at radius 1 is 0.346 bits per heavy atom. The molecule has 2 atom stereocenters. The Kier molecular flexibility index (Phi) is 21.3. The van der Waals surface area contributed by atoms with Crippen molar-refractivity contribution in [2.75, 3.05) is 0 Å². The Hall–Kier alpha value is 0. The standard InChI is InChI=1S/C26H54/c1-5-7-8-9-10-11-12-13-14-15-16-17-18-19-20-21-22-24-26(4)25(3)23-6-2/h25-26H,5-24H2,1-4H3. The van der Waals surface area contributed by atoms with E-state index in [4.69, 9.17) is 0 Å². The molecule has 0 radical (unpaired) electrons. The van der Waals surface area contributed by atoms with Gasteiger partial charge in [-0.25, -0.2) is 0 Å². The van der Waals surface area contributed by atoms with Gasteiger partial charge in [-0.05, 0) is 11.8 Å². The van der Waals surface area contributed by atoms with Crippen LogP contribution < -0.4 is 0 Å². The minimum absolute atomic E-state index is 0.932. The topological polar surface area (TPSA) is 0 Å². The molecule has 0 aromatic heterocycles. The van der Waals surface area contributed by atoms with Gasteiger partial charge in [0.2, 0.25) is 0 Å². The van der Waals surface area contributed by atoms with Gasteiger partial charge < -0.3 is 0 Å². The maximum absolute atomic E-state index is 2.47. The molecular weight excluding hydrogens is 312 g/mol. The predicted molar refractivity (Wildman–Crippen MR) is 122 cm³/mol. The van der Waals surface area contributed by atoms with Crippen LogP contribution in [0.5, 0.6) is 0 Å². The van der Waals surface area contributed by atoms with Crippen molar-refractivity contribution >= 4 is 0 Å². The third-order valence-corrected chi connectivity index (χ3v) is 6.48. The Morgan fingerprint density at radius 2 is 0.654 bits per heavy atom. The zero-order chi connectivity index (χ0) is 19.3. The summed E-state index contributed by atoms with van der Waals surface area (Å²) in [5, 5.41) is 0. The fraction of sp³-hybridized carbons (Fsp3) is 1.00. The van der Waals surface area contributed by atoms with Crippen molar-refractivity contribution < 1.29 is 0 Å². The molecule has 158 valence electrons. The molecule has 0 bridgehead atoms. The molecule has 0 aliphatic heterocycles. The molecule has 0 amide bonds. The maximum Gasteiger partial charge on any atom is -0.0417 e. The van der Waals surface area contributed by atoms with E-state index < -0.39 is 0 Å². The lowest BCUT2D eigenvalue weighted by Crippen LogP contribution is -2.07. The number of hydrogen-bond donors (Lipinski definition) is 0. The van der Waals surface area contributed by atoms with Crippen LogP contribution >= 0.6 is 0 Å². The second kappa shape index (κ2) is 21.3. The van der Waals surface area contributed by atoms with Gasteiger partial charge >= 0.3 is 0 Å². The van der Waals surface area contributed by atoms with E-state index in [9.17, 15) is 0 Å². The normalized spacial score (nSPS) is 13.8. The highest BCUT2D eigenvalue weighted by atomic mass is 14.2. The summed E-state index contributed by atoms with van der Waals surface area (Å²) in [5.41, 5.74) is 0. The van der Waals surface area contributed by atoms with Gasteiger partial charge in [-0.2, -0.15) is 0 Å². The first kappa shape index (κ1) is 26.0. The third kappa shape index (κ3) is 18.8. The number of hydrogen-bond acceptors (Lipinski definition) is 0. The smallest absolute Gasteiger partial charge is 0.0417 e. The summed E-state index contributed by atoms with van der Waals surface area (Å²) in [6.07, 6.45) is 29.3. The van der Waals surface area contributed by atoms with E-state index in [1.54, 1.807) is 0 Å². The van der Waals surface area contributed by atoms with Crippen molar-refractivity contribution in [2.24, 2.45) is 11.8 Å². The van der Waals surface area contributed by atoms with Crippen molar-refractivity contribution in [3.8, 4) is 0 Å². The van der Waals surface area contributed by atoms with E-state index in [0.717, 1.165) is 11.8 Å². The first-order valence-electron chi connectivity index (χ1n) is 12.7. The lowest BCUT2D eigenvalue weighted by molar-refractivity contribution is 0.330. The van der Waals surface area contributed by atoms with Crippen molar-refractivity contribution in [1.82, 2.24) is 0 Å². The monoisotopic (exact) mass is 366 g/mol. The maximum atomic E-state index is 2.47. The van der Waals surface area contributed by atoms with Crippen molar-refractivity contribution in [3.05, 3.63) is 0 Å². The van der Waals surface area contributed by atoms with Crippen molar-refractivity contribution in [1.29, 1.82) is 0 Å². The van der Waals surface area contributed by atoms with Gasteiger partial charge in [0.05, 0.1) is 0 Å². The minimum Gasteiger partial charge on any atom is -0.0654 e. The molecule has 0 fully saturated rings. The summed E-state index contributed by atoms with van der Waals surface area (Å²) < 4.78 is 0. The van der Waals surface area contributed by atoms with E-state index in [2.05, 4.69) is 27.7 Å². The highest BCUT2D eigenvalue weighted by Crippen LogP contribution is 2.23. The van der Waals surface area contributed by atoms with E-state index in [0.29, 0.717) is 0 Å². The van der Waals surface area contributed by atoms with Gasteiger partial charge in [0.1, 0.15) is 0 Å². The summed E-state index contributed by atoms with van der Waals surface area (Å²) in [7, 11) is 0. The summed E-state index contributed by atoms with van der Waals surface area (Å²) in [5.74, 6) is 1.87. The van der Waals surface area contributed by atoms with E-state index in [1.165, 1.54) is 128 Å². The van der Waals surface area contributed by atoms with E-state index in [-0.39, 0.29) is 0 Å². The molecule has 0 rings (SSSR count). The van der Waals surface area contributed by atoms with Gasteiger partial charge in [0.25, 0.3) is 0 Å². The Labute approximate surface area is 168 Å². The highest BCUT2D eigenvalue weighted by molar-refractivity contribution is 4.62. The van der Waals surface area contributed by atoms with E-state index >= 15 is 0 Å².